The molecule has 1 atom stereocenters. The molecule has 0 saturated carbocycles. The van der Waals surface area contributed by atoms with Crippen LogP contribution in [0.1, 0.15) is 22.6 Å². The molecule has 2 aromatic rings. The van der Waals surface area contributed by atoms with Crippen LogP contribution in [0, 0.1) is 6.92 Å². The molecular formula is C10H9Br2NO2S. The van der Waals surface area contributed by atoms with Crippen LogP contribution in [-0.4, -0.2) is 10.1 Å². The van der Waals surface area contributed by atoms with Gasteiger partial charge in [-0.25, -0.2) is 4.98 Å². The van der Waals surface area contributed by atoms with E-state index in [1.54, 1.807) is 17.4 Å². The third-order valence-corrected chi connectivity index (χ3v) is 4.73. The van der Waals surface area contributed by atoms with Gasteiger partial charge in [-0.05, 0) is 44.8 Å². The zero-order valence-electron chi connectivity index (χ0n) is 8.41. The lowest BCUT2D eigenvalue weighted by atomic mass is 10.2. The summed E-state index contributed by atoms with van der Waals surface area (Å²) in [4.78, 5) is 4.30. The van der Waals surface area contributed by atoms with Crippen molar-refractivity contribution in [2.24, 2.45) is 0 Å². The Morgan fingerprint density at radius 1 is 1.56 bits per heavy atom. The van der Waals surface area contributed by atoms with Gasteiger partial charge in [0, 0.05) is 17.5 Å². The fourth-order valence-corrected chi connectivity index (χ4v) is 2.71. The maximum Gasteiger partial charge on any atom is 0.183 e. The smallest absolute Gasteiger partial charge is 0.183 e. The van der Waals surface area contributed by atoms with Crippen molar-refractivity contribution in [2.45, 2.75) is 19.4 Å². The Hall–Kier alpha value is -0.170. The largest absolute Gasteiger partial charge is 0.450 e. The number of aromatic nitrogens is 1. The van der Waals surface area contributed by atoms with Gasteiger partial charge in [-0.15, -0.1) is 11.3 Å². The molecule has 2 rings (SSSR count). The van der Waals surface area contributed by atoms with Gasteiger partial charge >= 0.3 is 0 Å². The average molecular weight is 367 g/mol. The highest BCUT2D eigenvalue weighted by Crippen LogP contribution is 2.31. The van der Waals surface area contributed by atoms with Crippen LogP contribution >= 0.6 is 43.2 Å². The molecule has 2 heterocycles. The Kier molecular flexibility index (Phi) is 3.84. The van der Waals surface area contributed by atoms with Crippen molar-refractivity contribution >= 4 is 43.2 Å². The van der Waals surface area contributed by atoms with Crippen molar-refractivity contribution in [3.8, 4) is 0 Å². The van der Waals surface area contributed by atoms with Crippen molar-refractivity contribution in [1.82, 2.24) is 4.98 Å². The van der Waals surface area contributed by atoms with Crippen LogP contribution in [0.3, 0.4) is 0 Å². The highest BCUT2D eigenvalue weighted by Gasteiger charge is 2.16. The molecule has 0 aliphatic rings. The summed E-state index contributed by atoms with van der Waals surface area (Å²) in [6.45, 7) is 1.94. The van der Waals surface area contributed by atoms with E-state index in [4.69, 9.17) is 4.42 Å². The highest BCUT2D eigenvalue weighted by molar-refractivity contribution is 9.13. The van der Waals surface area contributed by atoms with Gasteiger partial charge in [-0.1, -0.05) is 0 Å². The fourth-order valence-electron chi connectivity index (χ4n) is 1.29. The Labute approximate surface area is 114 Å². The van der Waals surface area contributed by atoms with E-state index < -0.39 is 6.10 Å². The maximum absolute atomic E-state index is 9.95. The van der Waals surface area contributed by atoms with E-state index in [0.29, 0.717) is 16.9 Å². The number of aliphatic hydroxyl groups excluding tert-OH is 1. The van der Waals surface area contributed by atoms with Gasteiger partial charge < -0.3 is 9.52 Å². The molecule has 0 saturated heterocycles. The zero-order chi connectivity index (χ0) is 11.7. The van der Waals surface area contributed by atoms with Gasteiger partial charge in [0.25, 0.3) is 0 Å². The maximum atomic E-state index is 9.95. The molecule has 0 amide bonds. The molecule has 0 spiro atoms. The number of aryl methyl sites for hydroxylation is 1. The number of nitrogens with zero attached hydrogens (tertiary/aromatic N) is 1. The fraction of sp³-hybridized carbons (Fsp3) is 0.300. The molecule has 16 heavy (non-hydrogen) atoms. The summed E-state index contributed by atoms with van der Waals surface area (Å²) in [6, 6.07) is 1.76. The first-order valence-electron chi connectivity index (χ1n) is 4.60. The number of furan rings is 1. The minimum absolute atomic E-state index is 0.477. The predicted molar refractivity (Wildman–Crippen MR) is 69.6 cm³/mol. The van der Waals surface area contributed by atoms with Gasteiger partial charge in [0.05, 0.1) is 9.48 Å². The average Bonchev–Trinajstić information content (AvgIpc) is 2.75. The minimum Gasteiger partial charge on any atom is -0.450 e. The van der Waals surface area contributed by atoms with Crippen molar-refractivity contribution in [1.29, 1.82) is 0 Å². The quantitative estimate of drug-likeness (QED) is 0.897. The first-order valence-corrected chi connectivity index (χ1v) is 7.06. The summed E-state index contributed by atoms with van der Waals surface area (Å²) in [5, 5.41) is 12.8. The first-order chi connectivity index (χ1) is 7.56. The van der Waals surface area contributed by atoms with Crippen LogP contribution in [0.4, 0.5) is 0 Å². The molecule has 1 N–H and O–H groups in total. The molecule has 0 aliphatic heterocycles. The number of aliphatic hydroxyl groups is 1. The van der Waals surface area contributed by atoms with E-state index >= 15 is 0 Å². The molecule has 0 fully saturated rings. The number of rotatable bonds is 3. The van der Waals surface area contributed by atoms with Crippen LogP contribution in [-0.2, 0) is 6.42 Å². The van der Waals surface area contributed by atoms with E-state index in [2.05, 4.69) is 36.8 Å². The summed E-state index contributed by atoms with van der Waals surface area (Å²) < 4.78 is 6.75. The van der Waals surface area contributed by atoms with Crippen molar-refractivity contribution in [3.05, 3.63) is 37.1 Å². The number of thiazole rings is 1. The summed E-state index contributed by atoms with van der Waals surface area (Å²) in [7, 11) is 0. The van der Waals surface area contributed by atoms with Crippen molar-refractivity contribution in [2.75, 3.05) is 0 Å². The van der Waals surface area contributed by atoms with E-state index in [1.807, 2.05) is 12.3 Å². The van der Waals surface area contributed by atoms with Gasteiger partial charge in [-0.3, -0.25) is 0 Å². The Balaban J connectivity index is 2.11. The molecule has 0 radical (unpaired) electrons. The molecule has 1 unspecified atom stereocenters. The summed E-state index contributed by atoms with van der Waals surface area (Å²) in [6.07, 6.45) is -0.182. The molecule has 6 heteroatoms. The van der Waals surface area contributed by atoms with E-state index in [0.717, 1.165) is 15.2 Å². The third kappa shape index (κ3) is 2.74. The van der Waals surface area contributed by atoms with Crippen LogP contribution in [0.5, 0.6) is 0 Å². The van der Waals surface area contributed by atoms with Crippen LogP contribution in [0.25, 0.3) is 0 Å². The number of halogens is 2. The number of hydrogen-bond donors (Lipinski definition) is 1. The second kappa shape index (κ2) is 5.00. The molecule has 0 aliphatic carbocycles. The van der Waals surface area contributed by atoms with Gasteiger partial charge in [0.15, 0.2) is 4.67 Å². The second-order valence-corrected chi connectivity index (χ2v) is 5.89. The Morgan fingerprint density at radius 2 is 2.31 bits per heavy atom. The first kappa shape index (κ1) is 12.3. The minimum atomic E-state index is -0.659. The summed E-state index contributed by atoms with van der Waals surface area (Å²) in [5.74, 6) is 0.534. The van der Waals surface area contributed by atoms with E-state index in [-0.39, 0.29) is 0 Å². The zero-order valence-corrected chi connectivity index (χ0v) is 12.4. The number of hydrogen-bond acceptors (Lipinski definition) is 4. The highest BCUT2D eigenvalue weighted by atomic mass is 79.9. The predicted octanol–water partition coefficient (Wildman–Crippen LogP) is 3.85. The van der Waals surface area contributed by atoms with E-state index in [1.165, 1.54) is 0 Å². The SMILES string of the molecule is Cc1csc(CC(O)c2cc(Br)c(Br)o2)n1. The lowest BCUT2D eigenvalue weighted by molar-refractivity contribution is 0.148. The topological polar surface area (TPSA) is 46.3 Å². The van der Waals surface area contributed by atoms with Crippen molar-refractivity contribution < 1.29 is 9.52 Å². The standard InChI is InChI=1S/C10H9Br2NO2S/c1-5-4-16-9(13-5)3-7(14)8-2-6(11)10(12)15-8/h2,4,7,14H,3H2,1H3. The normalized spacial score (nSPS) is 13.0. The molecule has 0 aromatic carbocycles. The Bertz CT molecular complexity index is 475. The van der Waals surface area contributed by atoms with Crippen molar-refractivity contribution in [3.63, 3.8) is 0 Å². The monoisotopic (exact) mass is 365 g/mol. The molecule has 3 nitrogen and oxygen atoms in total. The van der Waals surface area contributed by atoms with Crippen LogP contribution in [0.15, 0.2) is 25.0 Å². The lowest BCUT2D eigenvalue weighted by Gasteiger charge is -2.04. The summed E-state index contributed by atoms with van der Waals surface area (Å²) >= 11 is 8.09. The second-order valence-electron chi connectivity index (χ2n) is 3.37. The lowest BCUT2D eigenvalue weighted by Crippen LogP contribution is -1.99. The van der Waals surface area contributed by atoms with Crippen LogP contribution < -0.4 is 0 Å². The molecular weight excluding hydrogens is 358 g/mol. The summed E-state index contributed by atoms with van der Waals surface area (Å²) in [5.41, 5.74) is 0.981. The molecule has 2 aromatic heterocycles. The molecule has 86 valence electrons. The van der Waals surface area contributed by atoms with Gasteiger partial charge in [-0.2, -0.15) is 0 Å². The van der Waals surface area contributed by atoms with Gasteiger partial charge in [0.1, 0.15) is 11.9 Å². The Morgan fingerprint density at radius 3 is 2.81 bits per heavy atom. The van der Waals surface area contributed by atoms with Gasteiger partial charge in [0.2, 0.25) is 0 Å². The van der Waals surface area contributed by atoms with E-state index in [9.17, 15) is 5.11 Å². The van der Waals surface area contributed by atoms with Crippen LogP contribution in [0.2, 0.25) is 0 Å². The third-order valence-electron chi connectivity index (χ3n) is 2.03. The molecule has 0 bridgehead atoms.